The number of rotatable bonds is 5. The Hall–Kier alpha value is -2.23. The fraction of sp³-hybridized carbons (Fsp3) is 0.214. The van der Waals surface area contributed by atoms with E-state index in [1.165, 1.54) is 10.9 Å². The molecule has 0 saturated heterocycles. The molecule has 4 nitrogen and oxygen atoms in total. The second-order valence-electron chi connectivity index (χ2n) is 4.07. The van der Waals surface area contributed by atoms with E-state index in [0.29, 0.717) is 13.1 Å². The van der Waals surface area contributed by atoms with E-state index in [4.69, 9.17) is 0 Å². The number of fused-ring (bicyclic) bond motifs is 1. The number of nitrogens with one attached hydrogen (secondary N) is 3. The molecule has 4 heteroatoms. The van der Waals surface area contributed by atoms with Gasteiger partial charge < -0.3 is 15.6 Å². The van der Waals surface area contributed by atoms with E-state index in [1.54, 1.807) is 6.08 Å². The van der Waals surface area contributed by atoms with Crippen LogP contribution >= 0.6 is 0 Å². The van der Waals surface area contributed by atoms with Gasteiger partial charge in [-0.2, -0.15) is 0 Å². The predicted molar refractivity (Wildman–Crippen MR) is 73.6 cm³/mol. The van der Waals surface area contributed by atoms with E-state index in [1.807, 2.05) is 12.3 Å². The fourth-order valence-corrected chi connectivity index (χ4v) is 1.81. The lowest BCUT2D eigenvalue weighted by Crippen LogP contribution is -2.36. The van der Waals surface area contributed by atoms with Crippen molar-refractivity contribution in [3.8, 4) is 0 Å². The van der Waals surface area contributed by atoms with E-state index in [9.17, 15) is 4.79 Å². The molecule has 18 heavy (non-hydrogen) atoms. The van der Waals surface area contributed by atoms with Crippen molar-refractivity contribution < 1.29 is 4.79 Å². The highest BCUT2D eigenvalue weighted by molar-refractivity contribution is 5.80. The SMILES string of the molecule is C=CCNC(=O)NCCc1ccc2[nH]ccc2c1. The van der Waals surface area contributed by atoms with Crippen molar-refractivity contribution in [2.45, 2.75) is 6.42 Å². The molecular weight excluding hydrogens is 226 g/mol. The van der Waals surface area contributed by atoms with Gasteiger partial charge in [0.1, 0.15) is 0 Å². The van der Waals surface area contributed by atoms with Crippen molar-refractivity contribution in [2.24, 2.45) is 0 Å². The first-order chi connectivity index (χ1) is 8.79. The van der Waals surface area contributed by atoms with Crippen molar-refractivity contribution in [2.75, 3.05) is 13.1 Å². The van der Waals surface area contributed by atoms with Gasteiger partial charge in [0.15, 0.2) is 0 Å². The Balaban J connectivity index is 1.82. The van der Waals surface area contributed by atoms with Gasteiger partial charge in [-0.3, -0.25) is 0 Å². The van der Waals surface area contributed by atoms with Crippen molar-refractivity contribution in [3.05, 3.63) is 48.7 Å². The molecule has 0 aliphatic rings. The van der Waals surface area contributed by atoms with Crippen LogP contribution in [0.3, 0.4) is 0 Å². The Morgan fingerprint density at radius 2 is 2.22 bits per heavy atom. The van der Waals surface area contributed by atoms with Crippen LogP contribution in [-0.2, 0) is 6.42 Å². The number of carbonyl (C=O) groups excluding carboxylic acids is 1. The molecule has 0 aliphatic carbocycles. The number of H-pyrrole nitrogens is 1. The van der Waals surface area contributed by atoms with E-state index >= 15 is 0 Å². The number of aromatic nitrogens is 1. The van der Waals surface area contributed by atoms with Crippen molar-refractivity contribution >= 4 is 16.9 Å². The summed E-state index contributed by atoms with van der Waals surface area (Å²) < 4.78 is 0. The first-order valence-electron chi connectivity index (χ1n) is 5.98. The van der Waals surface area contributed by atoms with E-state index in [-0.39, 0.29) is 6.03 Å². The summed E-state index contributed by atoms with van der Waals surface area (Å²) in [6, 6.07) is 8.15. The first-order valence-corrected chi connectivity index (χ1v) is 5.98. The number of carbonyl (C=O) groups is 1. The minimum Gasteiger partial charge on any atom is -0.361 e. The van der Waals surface area contributed by atoms with Crippen molar-refractivity contribution in [1.29, 1.82) is 0 Å². The van der Waals surface area contributed by atoms with E-state index < -0.39 is 0 Å². The quantitative estimate of drug-likeness (QED) is 0.693. The molecule has 0 fully saturated rings. The molecule has 94 valence electrons. The summed E-state index contributed by atoms with van der Waals surface area (Å²) in [5.41, 5.74) is 2.35. The molecular formula is C14H17N3O. The third-order valence-electron chi connectivity index (χ3n) is 2.72. The van der Waals surface area contributed by atoms with Crippen LogP contribution in [0.5, 0.6) is 0 Å². The summed E-state index contributed by atoms with van der Waals surface area (Å²) in [7, 11) is 0. The molecule has 0 atom stereocenters. The molecule has 0 aliphatic heterocycles. The number of hydrogen-bond donors (Lipinski definition) is 3. The highest BCUT2D eigenvalue weighted by Crippen LogP contribution is 2.14. The molecule has 2 amide bonds. The number of urea groups is 1. The third kappa shape index (κ3) is 3.13. The van der Waals surface area contributed by atoms with Gasteiger partial charge in [-0.15, -0.1) is 6.58 Å². The van der Waals surface area contributed by atoms with E-state index in [0.717, 1.165) is 11.9 Å². The van der Waals surface area contributed by atoms with Crippen LogP contribution in [-0.4, -0.2) is 24.1 Å². The lowest BCUT2D eigenvalue weighted by Gasteiger charge is -2.06. The summed E-state index contributed by atoms with van der Waals surface area (Å²) in [6.07, 6.45) is 4.40. The Bertz CT molecular complexity index is 545. The topological polar surface area (TPSA) is 56.9 Å². The van der Waals surface area contributed by atoms with Crippen LogP contribution in [0.1, 0.15) is 5.56 Å². The number of amides is 2. The van der Waals surface area contributed by atoms with Gasteiger partial charge in [0.05, 0.1) is 0 Å². The molecule has 0 saturated carbocycles. The molecule has 3 N–H and O–H groups in total. The predicted octanol–water partition coefficient (Wildman–Crippen LogP) is 2.20. The molecule has 0 unspecified atom stereocenters. The fourth-order valence-electron chi connectivity index (χ4n) is 1.81. The molecule has 0 bridgehead atoms. The minimum atomic E-state index is -0.155. The average Bonchev–Trinajstić information content (AvgIpc) is 2.83. The van der Waals surface area contributed by atoms with Crippen molar-refractivity contribution in [1.82, 2.24) is 15.6 Å². The summed E-state index contributed by atoms with van der Waals surface area (Å²) in [5, 5.41) is 6.67. The van der Waals surface area contributed by atoms with Gasteiger partial charge >= 0.3 is 6.03 Å². The molecule has 2 rings (SSSR count). The molecule has 0 spiro atoms. The summed E-state index contributed by atoms with van der Waals surface area (Å²) in [4.78, 5) is 14.4. The van der Waals surface area contributed by atoms with Gasteiger partial charge in [-0.05, 0) is 35.6 Å². The van der Waals surface area contributed by atoms with Crippen LogP contribution in [0.15, 0.2) is 43.1 Å². The summed E-state index contributed by atoms with van der Waals surface area (Å²) in [6.45, 7) is 4.65. The van der Waals surface area contributed by atoms with Crippen LogP contribution in [0.25, 0.3) is 10.9 Å². The molecule has 0 radical (unpaired) electrons. The Kier molecular flexibility index (Phi) is 4.02. The van der Waals surface area contributed by atoms with E-state index in [2.05, 4.69) is 40.4 Å². The highest BCUT2D eigenvalue weighted by atomic mass is 16.2. The molecule has 1 heterocycles. The van der Waals surface area contributed by atoms with Crippen molar-refractivity contribution in [3.63, 3.8) is 0 Å². The number of benzene rings is 1. The van der Waals surface area contributed by atoms with Crippen LogP contribution < -0.4 is 10.6 Å². The lowest BCUT2D eigenvalue weighted by molar-refractivity contribution is 0.242. The summed E-state index contributed by atoms with van der Waals surface area (Å²) >= 11 is 0. The number of aromatic amines is 1. The maximum Gasteiger partial charge on any atom is 0.315 e. The minimum absolute atomic E-state index is 0.155. The van der Waals surface area contributed by atoms with Gasteiger partial charge in [0.2, 0.25) is 0 Å². The summed E-state index contributed by atoms with van der Waals surface area (Å²) in [5.74, 6) is 0. The standard InChI is InChI=1S/C14H17N3O/c1-2-7-16-14(18)17-8-5-11-3-4-13-12(10-11)6-9-15-13/h2-4,6,9-10,15H,1,5,7-8H2,(H2,16,17,18). The molecule has 1 aromatic carbocycles. The Labute approximate surface area is 106 Å². The van der Waals surface area contributed by atoms with Gasteiger partial charge in [-0.1, -0.05) is 12.1 Å². The Morgan fingerprint density at radius 1 is 1.33 bits per heavy atom. The zero-order valence-electron chi connectivity index (χ0n) is 10.2. The van der Waals surface area contributed by atoms with Gasteiger partial charge in [0, 0.05) is 24.8 Å². The van der Waals surface area contributed by atoms with Gasteiger partial charge in [0.25, 0.3) is 0 Å². The number of hydrogen-bond acceptors (Lipinski definition) is 1. The second-order valence-corrected chi connectivity index (χ2v) is 4.07. The van der Waals surface area contributed by atoms with Crippen LogP contribution in [0, 0.1) is 0 Å². The molecule has 2 aromatic rings. The smallest absolute Gasteiger partial charge is 0.315 e. The maximum atomic E-state index is 11.3. The maximum absolute atomic E-state index is 11.3. The van der Waals surface area contributed by atoms with Gasteiger partial charge in [-0.25, -0.2) is 4.79 Å². The zero-order chi connectivity index (χ0) is 12.8. The monoisotopic (exact) mass is 243 g/mol. The highest BCUT2D eigenvalue weighted by Gasteiger charge is 2.00. The lowest BCUT2D eigenvalue weighted by atomic mass is 10.1. The Morgan fingerprint density at radius 3 is 3.06 bits per heavy atom. The second kappa shape index (κ2) is 5.91. The van der Waals surface area contributed by atoms with Crippen LogP contribution in [0.2, 0.25) is 0 Å². The first kappa shape index (κ1) is 12.2. The largest absolute Gasteiger partial charge is 0.361 e. The zero-order valence-corrected chi connectivity index (χ0v) is 10.2. The van der Waals surface area contributed by atoms with Crippen LogP contribution in [0.4, 0.5) is 4.79 Å². The normalized spacial score (nSPS) is 10.2. The molecule has 1 aromatic heterocycles. The average molecular weight is 243 g/mol. The third-order valence-corrected chi connectivity index (χ3v) is 2.72.